The van der Waals surface area contributed by atoms with Crippen molar-refractivity contribution in [2.45, 2.75) is 25.5 Å². The van der Waals surface area contributed by atoms with Gasteiger partial charge in [-0.05, 0) is 37.1 Å². The quantitative estimate of drug-likeness (QED) is 0.620. The second-order valence-electron chi connectivity index (χ2n) is 7.10. The monoisotopic (exact) mass is 403 g/mol. The summed E-state index contributed by atoms with van der Waals surface area (Å²) in [6.07, 6.45) is 2.44. The number of aliphatic hydroxyl groups excluding tert-OH is 1. The number of nitrogens with one attached hydrogen (secondary N) is 1. The fraction of sp³-hybridized carbons (Fsp3) is 0.368. The van der Waals surface area contributed by atoms with Gasteiger partial charge in [-0.3, -0.25) is 9.59 Å². The molecule has 0 aliphatic carbocycles. The minimum atomic E-state index is -1.15. The molecule has 8 nitrogen and oxygen atoms in total. The fourth-order valence-electron chi connectivity index (χ4n) is 3.37. The van der Waals surface area contributed by atoms with E-state index in [0.717, 1.165) is 11.4 Å². The van der Waals surface area contributed by atoms with Crippen LogP contribution in [0.25, 0.3) is 0 Å². The van der Waals surface area contributed by atoms with Gasteiger partial charge in [0.05, 0.1) is 11.5 Å². The van der Waals surface area contributed by atoms with Gasteiger partial charge in [-0.2, -0.15) is 0 Å². The minimum absolute atomic E-state index is 0.336. The lowest BCUT2D eigenvalue weighted by Crippen LogP contribution is -2.67. The van der Waals surface area contributed by atoms with E-state index >= 15 is 0 Å². The normalized spacial score (nSPS) is 17.3. The van der Waals surface area contributed by atoms with E-state index in [1.807, 2.05) is 17.0 Å². The third-order valence-corrected chi connectivity index (χ3v) is 5.14. The van der Waals surface area contributed by atoms with Crippen LogP contribution in [0.2, 0.25) is 5.02 Å². The van der Waals surface area contributed by atoms with Crippen molar-refractivity contribution in [3.05, 3.63) is 53.4 Å². The highest BCUT2D eigenvalue weighted by Gasteiger charge is 2.50. The first-order valence-corrected chi connectivity index (χ1v) is 9.22. The molecule has 3 rings (SSSR count). The van der Waals surface area contributed by atoms with Crippen molar-refractivity contribution in [1.29, 1.82) is 0 Å². The third kappa shape index (κ3) is 4.23. The number of carbonyl (C=O) groups excluding carboxylic acids is 2. The lowest BCUT2D eigenvalue weighted by molar-refractivity contribution is -0.137. The van der Waals surface area contributed by atoms with Gasteiger partial charge in [0.2, 0.25) is 11.8 Å². The summed E-state index contributed by atoms with van der Waals surface area (Å²) in [5, 5.41) is 13.0. The second kappa shape index (κ2) is 8.12. The number of amides is 2. The summed E-state index contributed by atoms with van der Waals surface area (Å²) < 4.78 is 0. The van der Waals surface area contributed by atoms with E-state index in [4.69, 9.17) is 17.3 Å². The summed E-state index contributed by atoms with van der Waals surface area (Å²) in [6, 6.07) is 7.89. The van der Waals surface area contributed by atoms with E-state index in [1.165, 1.54) is 13.3 Å². The van der Waals surface area contributed by atoms with Crippen LogP contribution >= 0.6 is 11.6 Å². The van der Waals surface area contributed by atoms with Crippen molar-refractivity contribution in [3.63, 3.8) is 0 Å². The Morgan fingerprint density at radius 2 is 2.00 bits per heavy atom. The summed E-state index contributed by atoms with van der Waals surface area (Å²) in [7, 11) is 0. The second-order valence-corrected chi connectivity index (χ2v) is 7.54. The molecule has 2 aromatic rings. The third-order valence-electron chi connectivity index (χ3n) is 4.89. The minimum Gasteiger partial charge on any atom is -0.391 e. The van der Waals surface area contributed by atoms with E-state index in [2.05, 4.69) is 15.3 Å². The maximum atomic E-state index is 13.1. The highest BCUT2D eigenvalue weighted by atomic mass is 35.5. The summed E-state index contributed by atoms with van der Waals surface area (Å²) >= 11 is 5.95. The Morgan fingerprint density at radius 1 is 1.32 bits per heavy atom. The molecular weight excluding hydrogens is 382 g/mol. The molecule has 1 aliphatic heterocycles. The number of primary amides is 1. The van der Waals surface area contributed by atoms with Crippen LogP contribution in [-0.2, 0) is 16.0 Å². The standard InChI is InChI=1S/C19H22ClN5O3/c1-12(26)16(17(21)27)24-18(28)19(8-13-2-4-14(20)5-3-13)9-25(10-19)15-6-7-22-11-23-15/h2-7,11-12,16,26H,8-10H2,1H3,(H2,21,27)(H,24,28)/t12-,16+/m1/s1. The number of halogens is 1. The lowest BCUT2D eigenvalue weighted by Gasteiger charge is -2.50. The van der Waals surface area contributed by atoms with Crippen LogP contribution in [0.5, 0.6) is 0 Å². The first-order valence-electron chi connectivity index (χ1n) is 8.84. The van der Waals surface area contributed by atoms with Gasteiger partial charge in [0.25, 0.3) is 0 Å². The molecule has 9 heteroatoms. The molecule has 4 N–H and O–H groups in total. The van der Waals surface area contributed by atoms with Crippen LogP contribution in [0.3, 0.4) is 0 Å². The molecule has 1 aromatic heterocycles. The molecule has 1 saturated heterocycles. The molecule has 0 spiro atoms. The predicted octanol–water partition coefficient (Wildman–Crippen LogP) is 0.530. The molecule has 2 atom stereocenters. The molecule has 1 aromatic carbocycles. The number of nitrogens with zero attached hydrogens (tertiary/aromatic N) is 3. The summed E-state index contributed by atoms with van der Waals surface area (Å²) in [5.41, 5.74) is 5.47. The van der Waals surface area contributed by atoms with Crippen LogP contribution in [0.1, 0.15) is 12.5 Å². The zero-order chi connectivity index (χ0) is 20.3. The Bertz CT molecular complexity index is 838. The van der Waals surface area contributed by atoms with Gasteiger partial charge in [-0.1, -0.05) is 23.7 Å². The lowest BCUT2D eigenvalue weighted by atomic mass is 9.73. The van der Waals surface area contributed by atoms with Crippen LogP contribution in [0, 0.1) is 5.41 Å². The maximum absolute atomic E-state index is 13.1. The molecule has 148 valence electrons. The average molecular weight is 404 g/mol. The molecule has 28 heavy (non-hydrogen) atoms. The number of nitrogens with two attached hydrogens (primary N) is 1. The maximum Gasteiger partial charge on any atom is 0.242 e. The first kappa shape index (κ1) is 20.0. The molecule has 1 fully saturated rings. The van der Waals surface area contributed by atoms with Crippen molar-refractivity contribution in [2.24, 2.45) is 11.1 Å². The first-order chi connectivity index (χ1) is 13.3. The average Bonchev–Trinajstić information content (AvgIpc) is 2.64. The van der Waals surface area contributed by atoms with Crippen LogP contribution in [-0.4, -0.2) is 52.1 Å². The number of hydrogen-bond acceptors (Lipinski definition) is 6. The molecule has 2 amide bonds. The molecule has 0 unspecified atom stereocenters. The number of carbonyl (C=O) groups is 2. The van der Waals surface area contributed by atoms with Gasteiger partial charge in [0.15, 0.2) is 0 Å². The van der Waals surface area contributed by atoms with E-state index < -0.39 is 23.5 Å². The fourth-order valence-corrected chi connectivity index (χ4v) is 3.50. The van der Waals surface area contributed by atoms with E-state index in [-0.39, 0.29) is 5.91 Å². The Balaban J connectivity index is 1.82. The number of hydrogen-bond donors (Lipinski definition) is 3. The van der Waals surface area contributed by atoms with Crippen molar-refractivity contribution < 1.29 is 14.7 Å². The Morgan fingerprint density at radius 3 is 2.54 bits per heavy atom. The largest absolute Gasteiger partial charge is 0.391 e. The summed E-state index contributed by atoms with van der Waals surface area (Å²) in [4.78, 5) is 34.8. The topological polar surface area (TPSA) is 121 Å². The number of rotatable bonds is 7. The van der Waals surface area contributed by atoms with Crippen molar-refractivity contribution in [3.8, 4) is 0 Å². The van der Waals surface area contributed by atoms with Gasteiger partial charge in [0.1, 0.15) is 18.2 Å². The van der Waals surface area contributed by atoms with Crippen molar-refractivity contribution >= 4 is 29.2 Å². The van der Waals surface area contributed by atoms with E-state index in [1.54, 1.807) is 24.4 Å². The molecule has 2 heterocycles. The van der Waals surface area contributed by atoms with Crippen molar-refractivity contribution in [2.75, 3.05) is 18.0 Å². The predicted molar refractivity (Wildman–Crippen MR) is 105 cm³/mol. The number of benzene rings is 1. The molecule has 1 aliphatic rings. The molecule has 0 saturated carbocycles. The number of aromatic nitrogens is 2. The SMILES string of the molecule is C[C@@H](O)[C@H](NC(=O)C1(Cc2ccc(Cl)cc2)CN(c2ccncn2)C1)C(N)=O. The molecular formula is C19H22ClN5O3. The van der Waals surface area contributed by atoms with Gasteiger partial charge in [-0.15, -0.1) is 0 Å². The van der Waals surface area contributed by atoms with Gasteiger partial charge < -0.3 is 21.1 Å². The Labute approximate surface area is 167 Å². The summed E-state index contributed by atoms with van der Waals surface area (Å²) in [5.74, 6) is -0.397. The van der Waals surface area contributed by atoms with Crippen LogP contribution < -0.4 is 16.0 Å². The van der Waals surface area contributed by atoms with Crippen LogP contribution in [0.15, 0.2) is 42.9 Å². The van der Waals surface area contributed by atoms with E-state index in [0.29, 0.717) is 24.5 Å². The highest BCUT2D eigenvalue weighted by molar-refractivity contribution is 6.30. The number of anilines is 1. The van der Waals surface area contributed by atoms with Gasteiger partial charge >= 0.3 is 0 Å². The molecule has 0 radical (unpaired) electrons. The zero-order valence-corrected chi connectivity index (χ0v) is 16.1. The zero-order valence-electron chi connectivity index (χ0n) is 15.4. The van der Waals surface area contributed by atoms with E-state index in [9.17, 15) is 14.7 Å². The number of aliphatic hydroxyl groups is 1. The molecule has 0 bridgehead atoms. The van der Waals surface area contributed by atoms with Gasteiger partial charge in [-0.25, -0.2) is 9.97 Å². The van der Waals surface area contributed by atoms with Crippen LogP contribution in [0.4, 0.5) is 5.82 Å². The Kier molecular flexibility index (Phi) is 5.81. The van der Waals surface area contributed by atoms with Gasteiger partial charge in [0, 0.05) is 24.3 Å². The Hall–Kier alpha value is -2.71. The highest BCUT2D eigenvalue weighted by Crippen LogP contribution is 2.37. The summed E-state index contributed by atoms with van der Waals surface area (Å²) in [6.45, 7) is 2.23. The smallest absolute Gasteiger partial charge is 0.242 e. The van der Waals surface area contributed by atoms with Crippen molar-refractivity contribution in [1.82, 2.24) is 15.3 Å².